The van der Waals surface area contributed by atoms with E-state index in [0.29, 0.717) is 18.4 Å². The van der Waals surface area contributed by atoms with Gasteiger partial charge in [0, 0.05) is 6.42 Å². The maximum atomic E-state index is 12.6. The zero-order valence-corrected chi connectivity index (χ0v) is 13.5. The molecule has 0 fully saturated rings. The van der Waals surface area contributed by atoms with Crippen LogP contribution in [-0.4, -0.2) is 13.9 Å². The topological polar surface area (TPSA) is 43.4 Å². The van der Waals surface area contributed by atoms with E-state index < -0.39 is 15.6 Å². The van der Waals surface area contributed by atoms with Crippen LogP contribution in [0.4, 0.5) is 13.2 Å². The SMILES string of the molecule is O=S(=O)(OC1=C(c2cccc3ccccc23)CCCC1)C(F)(F)F. The summed E-state index contributed by atoms with van der Waals surface area (Å²) in [4.78, 5) is 0. The Morgan fingerprint density at radius 1 is 0.917 bits per heavy atom. The van der Waals surface area contributed by atoms with E-state index in [9.17, 15) is 21.6 Å². The van der Waals surface area contributed by atoms with Crippen molar-refractivity contribution in [3.63, 3.8) is 0 Å². The molecule has 0 unspecified atom stereocenters. The van der Waals surface area contributed by atoms with E-state index in [1.807, 2.05) is 30.3 Å². The summed E-state index contributed by atoms with van der Waals surface area (Å²) in [5.74, 6) is -0.102. The highest BCUT2D eigenvalue weighted by molar-refractivity contribution is 7.87. The predicted octanol–water partition coefficient (Wildman–Crippen LogP) is 4.99. The van der Waals surface area contributed by atoms with Gasteiger partial charge in [0.05, 0.1) is 0 Å². The summed E-state index contributed by atoms with van der Waals surface area (Å²) in [5.41, 5.74) is -4.17. The summed E-state index contributed by atoms with van der Waals surface area (Å²) in [6, 6.07) is 12.9. The van der Waals surface area contributed by atoms with Crippen LogP contribution in [0.5, 0.6) is 0 Å². The van der Waals surface area contributed by atoms with Crippen molar-refractivity contribution in [1.29, 1.82) is 0 Å². The lowest BCUT2D eigenvalue weighted by molar-refractivity contribution is -0.0523. The van der Waals surface area contributed by atoms with Crippen LogP contribution in [-0.2, 0) is 14.3 Å². The third-order valence-electron chi connectivity index (χ3n) is 4.03. The summed E-state index contributed by atoms with van der Waals surface area (Å²) in [6.07, 6.45) is 2.03. The molecule has 1 aliphatic carbocycles. The highest BCUT2D eigenvalue weighted by Gasteiger charge is 2.49. The normalized spacial score (nSPS) is 16.5. The molecule has 0 saturated carbocycles. The molecule has 0 radical (unpaired) electrons. The number of benzene rings is 2. The Bertz CT molecular complexity index is 893. The first-order valence-corrected chi connectivity index (χ1v) is 8.91. The third-order valence-corrected chi connectivity index (χ3v) is 5.01. The molecule has 0 spiro atoms. The lowest BCUT2D eigenvalue weighted by atomic mass is 9.89. The van der Waals surface area contributed by atoms with Gasteiger partial charge in [-0.3, -0.25) is 0 Å². The number of rotatable bonds is 3. The molecule has 3 nitrogen and oxygen atoms in total. The van der Waals surface area contributed by atoms with Gasteiger partial charge in [-0.05, 0) is 41.2 Å². The minimum absolute atomic E-state index is 0.102. The molecule has 3 rings (SSSR count). The minimum atomic E-state index is -5.65. The van der Waals surface area contributed by atoms with E-state index in [0.717, 1.165) is 22.8 Å². The highest BCUT2D eigenvalue weighted by atomic mass is 32.2. The number of fused-ring (bicyclic) bond motifs is 1. The minimum Gasteiger partial charge on any atom is -0.380 e. The maximum Gasteiger partial charge on any atom is 0.534 e. The molecule has 1 aliphatic rings. The van der Waals surface area contributed by atoms with Crippen molar-refractivity contribution in [2.45, 2.75) is 31.2 Å². The van der Waals surface area contributed by atoms with Crippen molar-refractivity contribution in [1.82, 2.24) is 0 Å². The Morgan fingerprint density at radius 2 is 1.58 bits per heavy atom. The largest absolute Gasteiger partial charge is 0.534 e. The van der Waals surface area contributed by atoms with Crippen molar-refractivity contribution < 1.29 is 25.8 Å². The van der Waals surface area contributed by atoms with Crippen LogP contribution in [0.15, 0.2) is 48.2 Å². The van der Waals surface area contributed by atoms with Crippen molar-refractivity contribution in [3.8, 4) is 0 Å². The molecule has 0 atom stereocenters. The van der Waals surface area contributed by atoms with Gasteiger partial charge in [-0.2, -0.15) is 21.6 Å². The molecule has 0 aliphatic heterocycles. The fourth-order valence-electron chi connectivity index (χ4n) is 2.92. The van der Waals surface area contributed by atoms with Crippen LogP contribution in [0.2, 0.25) is 0 Å². The van der Waals surface area contributed by atoms with Crippen LogP contribution < -0.4 is 0 Å². The fourth-order valence-corrected chi connectivity index (χ4v) is 3.47. The Kier molecular flexibility index (Phi) is 4.29. The molecular formula is C17H15F3O3S. The lowest BCUT2D eigenvalue weighted by Gasteiger charge is -2.22. The molecule has 0 heterocycles. The van der Waals surface area contributed by atoms with Gasteiger partial charge >= 0.3 is 15.6 Å². The van der Waals surface area contributed by atoms with Gasteiger partial charge < -0.3 is 4.18 Å². The van der Waals surface area contributed by atoms with E-state index >= 15 is 0 Å². The molecule has 2 aromatic rings. The van der Waals surface area contributed by atoms with Gasteiger partial charge in [-0.25, -0.2) is 0 Å². The van der Waals surface area contributed by atoms with Crippen molar-refractivity contribution in [2.75, 3.05) is 0 Å². The number of hydrogen-bond acceptors (Lipinski definition) is 3. The van der Waals surface area contributed by atoms with E-state index in [-0.39, 0.29) is 12.2 Å². The van der Waals surface area contributed by atoms with Crippen LogP contribution in [0, 0.1) is 0 Å². The highest BCUT2D eigenvalue weighted by Crippen LogP contribution is 2.38. The molecule has 128 valence electrons. The Labute approximate surface area is 137 Å². The third kappa shape index (κ3) is 3.13. The van der Waals surface area contributed by atoms with Crippen LogP contribution >= 0.6 is 0 Å². The van der Waals surface area contributed by atoms with Gasteiger partial charge in [0.2, 0.25) is 0 Å². The Balaban J connectivity index is 2.13. The van der Waals surface area contributed by atoms with E-state index in [1.54, 1.807) is 12.1 Å². The summed E-state index contributed by atoms with van der Waals surface area (Å²) >= 11 is 0. The van der Waals surface area contributed by atoms with E-state index in [4.69, 9.17) is 0 Å². The van der Waals surface area contributed by atoms with Crippen LogP contribution in [0.1, 0.15) is 31.2 Å². The molecule has 7 heteroatoms. The molecule has 0 saturated heterocycles. The molecule has 2 aromatic carbocycles. The molecular weight excluding hydrogens is 341 g/mol. The van der Waals surface area contributed by atoms with E-state index in [2.05, 4.69) is 4.18 Å². The maximum absolute atomic E-state index is 12.6. The van der Waals surface area contributed by atoms with Gasteiger partial charge in [0.1, 0.15) is 5.76 Å². The zero-order chi connectivity index (χ0) is 17.4. The summed E-state index contributed by atoms with van der Waals surface area (Å²) in [5, 5.41) is 1.80. The quantitative estimate of drug-likeness (QED) is 0.575. The number of halogens is 3. The smallest absolute Gasteiger partial charge is 0.380 e. The molecule has 0 N–H and O–H groups in total. The molecule has 0 amide bonds. The van der Waals surface area contributed by atoms with Crippen molar-refractivity contribution in [3.05, 3.63) is 53.8 Å². The fraction of sp³-hybridized carbons (Fsp3) is 0.294. The number of alkyl halides is 3. The summed E-state index contributed by atoms with van der Waals surface area (Å²) < 4.78 is 65.2. The first-order valence-electron chi connectivity index (χ1n) is 7.50. The zero-order valence-electron chi connectivity index (χ0n) is 12.6. The Hall–Kier alpha value is -2.02. The Morgan fingerprint density at radius 3 is 2.33 bits per heavy atom. The average molecular weight is 356 g/mol. The summed E-state index contributed by atoms with van der Waals surface area (Å²) in [7, 11) is -5.65. The standard InChI is InChI=1S/C17H15F3O3S/c18-17(19,20)24(21,22)23-16-11-4-3-9-15(16)14-10-5-7-12-6-1-2-8-13(12)14/h1-2,5-8,10H,3-4,9,11H2. The second kappa shape index (κ2) is 6.12. The molecule has 0 bridgehead atoms. The average Bonchev–Trinajstić information content (AvgIpc) is 2.53. The summed E-state index contributed by atoms with van der Waals surface area (Å²) in [6.45, 7) is 0. The monoisotopic (exact) mass is 356 g/mol. The molecule has 24 heavy (non-hydrogen) atoms. The van der Waals surface area contributed by atoms with Crippen LogP contribution in [0.25, 0.3) is 16.3 Å². The number of allylic oxidation sites excluding steroid dienone is 2. The lowest BCUT2D eigenvalue weighted by Crippen LogP contribution is -2.26. The van der Waals surface area contributed by atoms with E-state index in [1.165, 1.54) is 0 Å². The van der Waals surface area contributed by atoms with Gasteiger partial charge in [-0.1, -0.05) is 42.5 Å². The predicted molar refractivity (Wildman–Crippen MR) is 85.4 cm³/mol. The van der Waals surface area contributed by atoms with Gasteiger partial charge in [-0.15, -0.1) is 0 Å². The molecule has 0 aromatic heterocycles. The first kappa shape index (κ1) is 16.8. The van der Waals surface area contributed by atoms with Crippen molar-refractivity contribution >= 4 is 26.5 Å². The van der Waals surface area contributed by atoms with Gasteiger partial charge in [0.25, 0.3) is 0 Å². The van der Waals surface area contributed by atoms with Gasteiger partial charge in [0.15, 0.2) is 0 Å². The second-order valence-corrected chi connectivity index (χ2v) is 7.16. The first-order chi connectivity index (χ1) is 11.3. The number of hydrogen-bond donors (Lipinski definition) is 0. The van der Waals surface area contributed by atoms with Crippen molar-refractivity contribution in [2.24, 2.45) is 0 Å². The second-order valence-electron chi connectivity index (χ2n) is 5.62. The van der Waals surface area contributed by atoms with Crippen LogP contribution in [0.3, 0.4) is 0 Å².